The number of para-hydroxylation sites is 5. The zero-order chi connectivity index (χ0) is 103. The Labute approximate surface area is 851 Å². The molecule has 0 radical (unpaired) electrons. The summed E-state index contributed by atoms with van der Waals surface area (Å²) in [6, 6.07) is 115. The van der Waals surface area contributed by atoms with Crippen molar-refractivity contribution in [3.05, 3.63) is 370 Å². The predicted molar refractivity (Wildman–Crippen MR) is 623 cm³/mol. The van der Waals surface area contributed by atoms with Crippen LogP contribution in [0.15, 0.2) is 303 Å². The molecule has 4 nitrogen and oxygen atoms in total. The summed E-state index contributed by atoms with van der Waals surface area (Å²) in [5.41, 5.74) is 41.8. The van der Waals surface area contributed by atoms with E-state index >= 15 is 0 Å². The van der Waals surface area contributed by atoms with Gasteiger partial charge in [-0.3, -0.25) is 0 Å². The maximum absolute atomic E-state index is 2.51. The van der Waals surface area contributed by atoms with Crippen LogP contribution in [0.3, 0.4) is 0 Å². The summed E-state index contributed by atoms with van der Waals surface area (Å²) in [5, 5.41) is 10.6. The molecule has 0 saturated carbocycles. The molecule has 0 amide bonds. The molecule has 0 fully saturated rings. The Hall–Kier alpha value is -12.5. The molecule has 142 heavy (non-hydrogen) atoms. The molecule has 0 bridgehead atoms. The van der Waals surface area contributed by atoms with Gasteiger partial charge >= 0.3 is 0 Å². The fourth-order valence-electron chi connectivity index (χ4n) is 21.9. The second-order valence-electron chi connectivity index (χ2n) is 53.3. The summed E-state index contributed by atoms with van der Waals surface area (Å²) < 4.78 is 9.97. The molecular weight excluding hydrogens is 1710 g/mol. The molecular formula is C138H158N4. The van der Waals surface area contributed by atoms with Crippen molar-refractivity contribution in [1.29, 1.82) is 0 Å². The molecule has 4 aromatic heterocycles. The lowest BCUT2D eigenvalue weighted by molar-refractivity contribution is 0.535. The van der Waals surface area contributed by atoms with Crippen LogP contribution in [0.1, 0.15) is 316 Å². The van der Waals surface area contributed by atoms with Gasteiger partial charge in [-0.15, -0.1) is 0 Å². The predicted octanol–water partition coefficient (Wildman–Crippen LogP) is 39.7. The molecule has 0 unspecified atom stereocenters. The Balaban J connectivity index is 0.000000148. The lowest BCUT2D eigenvalue weighted by Crippen LogP contribution is -2.22. The number of benzene rings is 15. The Morgan fingerprint density at radius 3 is 0.655 bits per heavy atom. The van der Waals surface area contributed by atoms with E-state index in [9.17, 15) is 0 Å². The second-order valence-corrected chi connectivity index (χ2v) is 53.3. The lowest BCUT2D eigenvalue weighted by Gasteiger charge is -2.31. The van der Waals surface area contributed by atoms with Crippen molar-refractivity contribution >= 4 is 87.2 Å². The average Bonchev–Trinajstić information content (AvgIpc) is 1.56. The number of nitrogens with zero attached hydrogens (tertiary/aromatic N) is 4. The summed E-state index contributed by atoms with van der Waals surface area (Å²) >= 11 is 0. The molecule has 0 aliphatic carbocycles. The summed E-state index contributed by atoms with van der Waals surface area (Å²) in [5.74, 6) is 0. The number of hydrogen-bond acceptors (Lipinski definition) is 0. The van der Waals surface area contributed by atoms with E-state index < -0.39 is 0 Å². The van der Waals surface area contributed by atoms with Crippen molar-refractivity contribution in [3.8, 4) is 67.3 Å². The molecule has 0 atom stereocenters. The van der Waals surface area contributed by atoms with Crippen molar-refractivity contribution < 1.29 is 0 Å². The van der Waals surface area contributed by atoms with E-state index in [1.54, 1.807) is 0 Å². The second kappa shape index (κ2) is 35.8. The SMILES string of the molecule is CC(C)(C)c1cc(-c2ccc3c(c2C(C)(C)C)c2c(-c4cc(C(C)(C)C)cc(C(C)(C)C)c4)cccc2n3-c2ccccc2)cc(C(C)(C)C)c1.CC(C)(C)c1cc(-c2cccc3c2c2c(C(C)(C)C)c(-n4c5ccccc5c5ccccc54)ccc2n3-c2ccccc2)cc(C(C)(C)C)c1.CC(C)(C)c1cc(-c2cccc3c2c2c(C(C)(C)C)c(C(C)(C)C)ccc2n3-c2ccccc2)cc(C(C)(C)C)c1. The summed E-state index contributed by atoms with van der Waals surface area (Å²) in [6.45, 7) is 84.5. The zero-order valence-corrected chi connectivity index (χ0v) is 92.7. The van der Waals surface area contributed by atoms with Crippen LogP contribution >= 0.6 is 0 Å². The van der Waals surface area contributed by atoms with Gasteiger partial charge in [0.05, 0.1) is 49.8 Å². The van der Waals surface area contributed by atoms with Gasteiger partial charge in [0.1, 0.15) is 0 Å². The normalized spacial score (nSPS) is 13.2. The van der Waals surface area contributed by atoms with Crippen LogP contribution in [0.2, 0.25) is 0 Å². The molecule has 4 heterocycles. The maximum atomic E-state index is 2.51. The molecule has 19 aromatic rings. The van der Waals surface area contributed by atoms with Crippen molar-refractivity contribution in [2.75, 3.05) is 0 Å². The molecule has 0 spiro atoms. The van der Waals surface area contributed by atoms with E-state index in [2.05, 4.69) is 571 Å². The highest BCUT2D eigenvalue weighted by Crippen LogP contribution is 2.54. The Kier molecular flexibility index (Phi) is 25.5. The lowest BCUT2D eigenvalue weighted by atomic mass is 9.73. The minimum atomic E-state index is -0.173. The van der Waals surface area contributed by atoms with E-state index in [1.165, 1.54) is 221 Å². The molecule has 730 valence electrons. The van der Waals surface area contributed by atoms with Gasteiger partial charge in [-0.05, 0) is 267 Å². The third-order valence-electron chi connectivity index (χ3n) is 29.7. The third kappa shape index (κ3) is 19.1. The van der Waals surface area contributed by atoms with Gasteiger partial charge in [0.2, 0.25) is 0 Å². The van der Waals surface area contributed by atoms with Gasteiger partial charge in [-0.1, -0.05) is 462 Å². The fourth-order valence-corrected chi connectivity index (χ4v) is 21.9. The average molecular weight is 1870 g/mol. The van der Waals surface area contributed by atoms with Crippen LogP contribution in [0, 0.1) is 0 Å². The van der Waals surface area contributed by atoms with E-state index in [4.69, 9.17) is 0 Å². The van der Waals surface area contributed by atoms with E-state index in [-0.39, 0.29) is 65.0 Å². The smallest absolute Gasteiger partial charge is 0.0547 e. The first kappa shape index (κ1) is 101. The van der Waals surface area contributed by atoms with Crippen LogP contribution < -0.4 is 0 Å². The number of hydrogen-bond donors (Lipinski definition) is 0. The first-order valence-electron chi connectivity index (χ1n) is 52.2. The summed E-state index contributed by atoms with van der Waals surface area (Å²) in [7, 11) is 0. The Morgan fingerprint density at radius 2 is 0.380 bits per heavy atom. The molecule has 4 heteroatoms. The van der Waals surface area contributed by atoms with E-state index in [0.717, 1.165) is 0 Å². The van der Waals surface area contributed by atoms with Gasteiger partial charge < -0.3 is 18.3 Å². The highest BCUT2D eigenvalue weighted by molar-refractivity contribution is 6.22. The quantitative estimate of drug-likeness (QED) is 0.144. The Bertz CT molecular complexity index is 7860. The van der Waals surface area contributed by atoms with Crippen molar-refractivity contribution in [2.45, 2.75) is 314 Å². The minimum Gasteiger partial charge on any atom is -0.309 e. The van der Waals surface area contributed by atoms with Crippen LogP contribution in [0.4, 0.5) is 0 Å². The number of aromatic nitrogens is 4. The standard InChI is InChI=1S/C50H61N.C48H48N2.C40H49N/c1-46(2,3)34-26-32(27-35(30-34)47(4,5)6)39-22-19-23-41-43(39)44-42(51(41)38-20-17-16-18-21-38)25-24-40(45(44)50(13,14)15)33-28-36(48(7,8)9)31-37(29-33)49(10,11)12;1-46(2,3)32-28-31(29-33(30-32)47(4,5)6)35-22-17-25-40-43(35)44-41(49(40)34-18-11-10-12-19-34)26-27-42(45(44)48(7,8)9)50-38-23-15-13-20-36(38)37-21-14-16-24-39(37)50;1-37(2,3)27-23-26(24-28(25-27)38(4,5)6)30-19-16-20-32-34(30)35-33(41(32)29-17-14-13-15-18-29)22-21-31(39(7,8)9)36(35)40(10,11)12/h16-31H,1-15H3;10-30H,1-9H3;13-25H,1-12H3. The number of fused-ring (bicyclic) bond motifs is 12. The fraction of sp³-hybridized carbons (Fsp3) is 0.348. The molecule has 0 saturated heterocycles. The van der Waals surface area contributed by atoms with Gasteiger partial charge in [-0.25, -0.2) is 0 Å². The van der Waals surface area contributed by atoms with Crippen LogP contribution in [0.5, 0.6) is 0 Å². The van der Waals surface area contributed by atoms with Crippen molar-refractivity contribution in [1.82, 2.24) is 18.3 Å². The van der Waals surface area contributed by atoms with Crippen molar-refractivity contribution in [2.24, 2.45) is 0 Å². The van der Waals surface area contributed by atoms with Crippen LogP contribution in [0.25, 0.3) is 154 Å². The highest BCUT2D eigenvalue weighted by Gasteiger charge is 2.37. The largest absolute Gasteiger partial charge is 0.309 e. The molecule has 0 aliphatic heterocycles. The van der Waals surface area contributed by atoms with E-state index in [1.807, 2.05) is 0 Å². The summed E-state index contributed by atoms with van der Waals surface area (Å²) in [4.78, 5) is 0. The van der Waals surface area contributed by atoms with Crippen LogP contribution in [-0.4, -0.2) is 18.3 Å². The monoisotopic (exact) mass is 1870 g/mol. The Morgan fingerprint density at radius 1 is 0.148 bits per heavy atom. The highest BCUT2D eigenvalue weighted by atomic mass is 15.0. The van der Waals surface area contributed by atoms with Gasteiger partial charge in [0.15, 0.2) is 0 Å². The summed E-state index contributed by atoms with van der Waals surface area (Å²) in [6.07, 6.45) is 0. The third-order valence-corrected chi connectivity index (χ3v) is 29.7. The van der Waals surface area contributed by atoms with E-state index in [0.29, 0.717) is 0 Å². The topological polar surface area (TPSA) is 19.7 Å². The zero-order valence-electron chi connectivity index (χ0n) is 92.7. The minimum absolute atomic E-state index is 0.0161. The van der Waals surface area contributed by atoms with Gasteiger partial charge in [-0.2, -0.15) is 0 Å². The van der Waals surface area contributed by atoms with Gasteiger partial charge in [0.25, 0.3) is 0 Å². The van der Waals surface area contributed by atoms with Crippen LogP contribution in [-0.2, 0) is 65.0 Å². The van der Waals surface area contributed by atoms with Crippen molar-refractivity contribution in [3.63, 3.8) is 0 Å². The molecule has 0 aliphatic rings. The molecule has 15 aromatic carbocycles. The number of rotatable bonds is 8. The molecule has 0 N–H and O–H groups in total. The maximum Gasteiger partial charge on any atom is 0.0547 e. The first-order valence-corrected chi connectivity index (χ1v) is 52.2. The van der Waals surface area contributed by atoms with Gasteiger partial charge in [0, 0.05) is 60.2 Å². The first-order chi connectivity index (χ1) is 66.1. The molecule has 19 rings (SSSR count).